The van der Waals surface area contributed by atoms with Gasteiger partial charge < -0.3 is 14.8 Å². The van der Waals surface area contributed by atoms with Crippen molar-refractivity contribution in [3.05, 3.63) is 62.1 Å². The number of anilines is 1. The van der Waals surface area contributed by atoms with E-state index in [9.17, 15) is 20.2 Å². The first-order chi connectivity index (χ1) is 13.9. The Bertz CT molecular complexity index is 1070. The van der Waals surface area contributed by atoms with Crippen LogP contribution in [0.2, 0.25) is 0 Å². The number of benzene rings is 2. The Morgan fingerprint density at radius 1 is 1.38 bits per heavy atom. The zero-order valence-electron chi connectivity index (χ0n) is 15.1. The monoisotopic (exact) mass is 455 g/mol. The SMILES string of the molecule is C#CCOc1cc(Br)c(/C=C(\C#N)C(=O)Nc2cccc([N+](=O)[O-])c2)cc1OC. The molecule has 0 bridgehead atoms. The smallest absolute Gasteiger partial charge is 0.271 e. The van der Waals surface area contributed by atoms with Crippen molar-refractivity contribution >= 4 is 39.3 Å². The van der Waals surface area contributed by atoms with Crippen molar-refractivity contribution in [1.82, 2.24) is 0 Å². The van der Waals surface area contributed by atoms with E-state index in [0.717, 1.165) is 0 Å². The predicted octanol–water partition coefficient (Wildman–Crippen LogP) is 3.92. The molecular formula is C20H14BrN3O5. The normalized spacial score (nSPS) is 10.4. The van der Waals surface area contributed by atoms with Crippen LogP contribution in [0.25, 0.3) is 6.08 Å². The van der Waals surface area contributed by atoms with Crippen LogP contribution in [-0.2, 0) is 4.79 Å². The van der Waals surface area contributed by atoms with Gasteiger partial charge in [0.05, 0.1) is 12.0 Å². The molecule has 0 spiro atoms. The van der Waals surface area contributed by atoms with Crippen molar-refractivity contribution < 1.29 is 19.2 Å². The molecule has 0 radical (unpaired) electrons. The van der Waals surface area contributed by atoms with Gasteiger partial charge in [-0.3, -0.25) is 14.9 Å². The molecule has 0 aliphatic heterocycles. The van der Waals surface area contributed by atoms with Crippen LogP contribution in [-0.4, -0.2) is 24.5 Å². The zero-order valence-corrected chi connectivity index (χ0v) is 16.7. The standard InChI is InChI=1S/C20H14BrN3O5/c1-3-7-29-19-11-17(21)13(9-18(19)28-2)8-14(12-22)20(25)23-15-5-4-6-16(10-15)24(26)27/h1,4-6,8-11H,7H2,2H3,(H,23,25)/b14-8+. The summed E-state index contributed by atoms with van der Waals surface area (Å²) in [6, 6.07) is 10.4. The van der Waals surface area contributed by atoms with Gasteiger partial charge in [-0.25, -0.2) is 0 Å². The third-order valence-electron chi connectivity index (χ3n) is 3.57. The highest BCUT2D eigenvalue weighted by atomic mass is 79.9. The number of nitrogens with one attached hydrogen (secondary N) is 1. The van der Waals surface area contributed by atoms with E-state index in [2.05, 4.69) is 27.2 Å². The number of rotatable bonds is 7. The first-order valence-electron chi connectivity index (χ1n) is 8.01. The Balaban J connectivity index is 2.32. The van der Waals surface area contributed by atoms with Crippen molar-refractivity contribution in [3.8, 4) is 29.9 Å². The molecule has 0 fully saturated rings. The van der Waals surface area contributed by atoms with Gasteiger partial charge in [0.1, 0.15) is 18.2 Å². The van der Waals surface area contributed by atoms with E-state index in [1.54, 1.807) is 12.1 Å². The molecule has 9 heteroatoms. The number of nitro groups is 1. The molecule has 0 aromatic heterocycles. The lowest BCUT2D eigenvalue weighted by molar-refractivity contribution is -0.384. The summed E-state index contributed by atoms with van der Waals surface area (Å²) in [6.45, 7) is 0.0487. The second kappa shape index (κ2) is 9.93. The van der Waals surface area contributed by atoms with Crippen molar-refractivity contribution in [1.29, 1.82) is 5.26 Å². The average Bonchev–Trinajstić information content (AvgIpc) is 2.71. The fraction of sp³-hybridized carbons (Fsp3) is 0.100. The summed E-state index contributed by atoms with van der Waals surface area (Å²) in [6.07, 6.45) is 6.54. The van der Waals surface area contributed by atoms with Crippen LogP contribution in [0.3, 0.4) is 0 Å². The Kier molecular flexibility index (Phi) is 7.35. The van der Waals surface area contributed by atoms with Crippen LogP contribution in [0.4, 0.5) is 11.4 Å². The van der Waals surface area contributed by atoms with E-state index >= 15 is 0 Å². The van der Waals surface area contributed by atoms with Gasteiger partial charge in [-0.2, -0.15) is 5.26 Å². The Labute approximate surface area is 175 Å². The number of carbonyl (C=O) groups excluding carboxylic acids is 1. The number of hydrogen-bond donors (Lipinski definition) is 1. The molecule has 1 amide bonds. The maximum atomic E-state index is 12.4. The van der Waals surface area contributed by atoms with E-state index < -0.39 is 10.8 Å². The van der Waals surface area contributed by atoms with Gasteiger partial charge in [-0.1, -0.05) is 27.9 Å². The van der Waals surface area contributed by atoms with E-state index in [0.29, 0.717) is 21.5 Å². The molecular weight excluding hydrogens is 442 g/mol. The summed E-state index contributed by atoms with van der Waals surface area (Å²) in [7, 11) is 1.44. The quantitative estimate of drug-likeness (QED) is 0.222. The lowest BCUT2D eigenvalue weighted by Gasteiger charge is -2.11. The minimum atomic E-state index is -0.716. The van der Waals surface area contributed by atoms with Gasteiger partial charge in [0.2, 0.25) is 0 Å². The van der Waals surface area contributed by atoms with Crippen LogP contribution in [0.1, 0.15) is 5.56 Å². The average molecular weight is 456 g/mol. The number of halogens is 1. The Morgan fingerprint density at radius 3 is 2.76 bits per heavy atom. The number of amides is 1. The van der Waals surface area contributed by atoms with Gasteiger partial charge in [-0.05, 0) is 29.8 Å². The van der Waals surface area contributed by atoms with Crippen LogP contribution < -0.4 is 14.8 Å². The molecule has 0 aliphatic carbocycles. The molecule has 0 aliphatic rings. The Hall–Kier alpha value is -3.82. The largest absolute Gasteiger partial charge is 0.493 e. The van der Waals surface area contributed by atoms with Crippen molar-refractivity contribution in [2.24, 2.45) is 0 Å². The summed E-state index contributed by atoms with van der Waals surface area (Å²) in [5, 5.41) is 22.7. The number of terminal acetylenes is 1. The topological polar surface area (TPSA) is 114 Å². The molecule has 0 saturated heterocycles. The summed E-state index contributed by atoms with van der Waals surface area (Å²) in [5.41, 5.74) is 0.289. The molecule has 146 valence electrons. The fourth-order valence-corrected chi connectivity index (χ4v) is 2.69. The number of methoxy groups -OCH3 is 1. The number of non-ortho nitro benzene ring substituents is 1. The molecule has 0 saturated carbocycles. The van der Waals surface area contributed by atoms with Crippen LogP contribution in [0.15, 0.2) is 46.4 Å². The summed E-state index contributed by atoms with van der Waals surface area (Å²) in [5.74, 6) is 2.40. The summed E-state index contributed by atoms with van der Waals surface area (Å²) in [4.78, 5) is 22.7. The van der Waals surface area contributed by atoms with E-state index in [4.69, 9.17) is 15.9 Å². The second-order valence-corrected chi connectivity index (χ2v) is 6.30. The summed E-state index contributed by atoms with van der Waals surface area (Å²) >= 11 is 3.35. The zero-order chi connectivity index (χ0) is 21.4. The molecule has 0 heterocycles. The third-order valence-corrected chi connectivity index (χ3v) is 4.26. The Morgan fingerprint density at radius 2 is 2.14 bits per heavy atom. The molecule has 8 nitrogen and oxygen atoms in total. The van der Waals surface area contributed by atoms with Gasteiger partial charge in [0.15, 0.2) is 11.5 Å². The lowest BCUT2D eigenvalue weighted by atomic mass is 10.1. The first kappa shape index (κ1) is 21.5. The number of nitrogens with zero attached hydrogens (tertiary/aromatic N) is 2. The van der Waals surface area contributed by atoms with Crippen molar-refractivity contribution in [2.75, 3.05) is 19.0 Å². The molecule has 0 unspecified atom stereocenters. The second-order valence-electron chi connectivity index (χ2n) is 5.45. The minimum absolute atomic E-state index is 0.0487. The maximum absolute atomic E-state index is 12.4. The maximum Gasteiger partial charge on any atom is 0.271 e. The highest BCUT2D eigenvalue weighted by Crippen LogP contribution is 2.34. The molecule has 2 aromatic rings. The number of hydrogen-bond acceptors (Lipinski definition) is 6. The highest BCUT2D eigenvalue weighted by molar-refractivity contribution is 9.10. The highest BCUT2D eigenvalue weighted by Gasteiger charge is 2.15. The van der Waals surface area contributed by atoms with Crippen molar-refractivity contribution in [3.63, 3.8) is 0 Å². The molecule has 0 atom stereocenters. The third kappa shape index (κ3) is 5.58. The van der Waals surface area contributed by atoms with Gasteiger partial charge in [0, 0.05) is 22.3 Å². The number of ether oxygens (including phenoxy) is 2. The number of nitro benzene ring substituents is 1. The lowest BCUT2D eigenvalue weighted by Crippen LogP contribution is -2.13. The minimum Gasteiger partial charge on any atom is -0.493 e. The van der Waals surface area contributed by atoms with E-state index in [1.807, 2.05) is 6.07 Å². The number of carbonyl (C=O) groups is 1. The van der Waals surface area contributed by atoms with Gasteiger partial charge >= 0.3 is 0 Å². The van der Waals surface area contributed by atoms with Crippen LogP contribution in [0, 0.1) is 33.8 Å². The van der Waals surface area contributed by atoms with Crippen LogP contribution >= 0.6 is 15.9 Å². The summed E-state index contributed by atoms with van der Waals surface area (Å²) < 4.78 is 11.2. The fourth-order valence-electron chi connectivity index (χ4n) is 2.25. The first-order valence-corrected chi connectivity index (χ1v) is 8.80. The number of nitriles is 1. The molecule has 2 aromatic carbocycles. The van der Waals surface area contributed by atoms with E-state index in [1.165, 1.54) is 37.5 Å². The molecule has 1 N–H and O–H groups in total. The predicted molar refractivity (Wildman–Crippen MR) is 110 cm³/mol. The van der Waals surface area contributed by atoms with E-state index in [-0.39, 0.29) is 23.6 Å². The van der Waals surface area contributed by atoms with Crippen LogP contribution in [0.5, 0.6) is 11.5 Å². The molecule has 2 rings (SSSR count). The molecule has 29 heavy (non-hydrogen) atoms. The van der Waals surface area contributed by atoms with Gasteiger partial charge in [0.25, 0.3) is 11.6 Å². The van der Waals surface area contributed by atoms with Crippen molar-refractivity contribution in [2.45, 2.75) is 0 Å². The van der Waals surface area contributed by atoms with Gasteiger partial charge in [-0.15, -0.1) is 6.42 Å².